The van der Waals surface area contributed by atoms with E-state index in [9.17, 15) is 8.42 Å². The zero-order valence-electron chi connectivity index (χ0n) is 12.0. The number of fused-ring (bicyclic) bond motifs is 1. The third kappa shape index (κ3) is 2.86. The molecule has 1 atom stereocenters. The van der Waals surface area contributed by atoms with E-state index in [4.69, 9.17) is 9.47 Å². The summed E-state index contributed by atoms with van der Waals surface area (Å²) in [5, 5.41) is 3.24. The average molecular weight is 312 g/mol. The number of nitrogens with one attached hydrogen (secondary N) is 1. The molecule has 0 saturated carbocycles. The van der Waals surface area contributed by atoms with Gasteiger partial charge in [-0.3, -0.25) is 0 Å². The van der Waals surface area contributed by atoms with Crippen molar-refractivity contribution in [1.29, 1.82) is 0 Å². The summed E-state index contributed by atoms with van der Waals surface area (Å²) in [6, 6.07) is 4.79. The van der Waals surface area contributed by atoms with Gasteiger partial charge in [-0.2, -0.15) is 4.31 Å². The van der Waals surface area contributed by atoms with E-state index in [1.165, 1.54) is 4.31 Å². The molecule has 0 aromatic heterocycles. The lowest BCUT2D eigenvalue weighted by Gasteiger charge is -2.31. The maximum atomic E-state index is 12.7. The molecule has 2 aliphatic rings. The number of piperidine rings is 1. The molecule has 1 aromatic carbocycles. The van der Waals surface area contributed by atoms with Gasteiger partial charge in [0, 0.05) is 25.7 Å². The zero-order valence-corrected chi connectivity index (χ0v) is 12.9. The third-order valence-corrected chi connectivity index (χ3v) is 5.88. The highest BCUT2D eigenvalue weighted by molar-refractivity contribution is 7.89. The number of ether oxygens (including phenoxy) is 2. The Labute approximate surface area is 125 Å². The third-order valence-electron chi connectivity index (χ3n) is 3.98. The number of rotatable bonds is 3. The van der Waals surface area contributed by atoms with Crippen LogP contribution in [-0.2, 0) is 10.0 Å². The van der Waals surface area contributed by atoms with Crippen molar-refractivity contribution in [3.63, 3.8) is 0 Å². The highest BCUT2D eigenvalue weighted by Crippen LogP contribution is 2.33. The summed E-state index contributed by atoms with van der Waals surface area (Å²) < 4.78 is 37.8. The van der Waals surface area contributed by atoms with Crippen LogP contribution in [0.5, 0.6) is 11.5 Å². The molecule has 0 aliphatic carbocycles. The van der Waals surface area contributed by atoms with Gasteiger partial charge in [-0.15, -0.1) is 0 Å². The summed E-state index contributed by atoms with van der Waals surface area (Å²) >= 11 is 0. The van der Waals surface area contributed by atoms with Crippen molar-refractivity contribution in [3.05, 3.63) is 18.2 Å². The van der Waals surface area contributed by atoms with Crippen LogP contribution >= 0.6 is 0 Å². The largest absolute Gasteiger partial charge is 0.486 e. The highest BCUT2D eigenvalue weighted by atomic mass is 32.2. The number of nitrogens with zero attached hydrogens (tertiary/aromatic N) is 1. The average Bonchev–Trinajstić information content (AvgIpc) is 2.54. The van der Waals surface area contributed by atoms with Crippen LogP contribution < -0.4 is 14.8 Å². The molecule has 0 amide bonds. The zero-order chi connectivity index (χ0) is 14.9. The van der Waals surface area contributed by atoms with Gasteiger partial charge in [0.1, 0.15) is 13.2 Å². The van der Waals surface area contributed by atoms with Crippen LogP contribution in [0.4, 0.5) is 0 Å². The predicted molar refractivity (Wildman–Crippen MR) is 78.3 cm³/mol. The molecule has 0 spiro atoms. The van der Waals surface area contributed by atoms with Crippen LogP contribution in [0.1, 0.15) is 12.8 Å². The Morgan fingerprint density at radius 2 is 2.00 bits per heavy atom. The normalized spacial score (nSPS) is 22.3. The molecule has 1 saturated heterocycles. The Morgan fingerprint density at radius 3 is 2.71 bits per heavy atom. The molecular weight excluding hydrogens is 292 g/mol. The second-order valence-corrected chi connectivity index (χ2v) is 7.32. The van der Waals surface area contributed by atoms with Crippen LogP contribution in [0.2, 0.25) is 0 Å². The minimum Gasteiger partial charge on any atom is -0.486 e. The lowest BCUT2D eigenvalue weighted by atomic mass is 10.1. The lowest BCUT2D eigenvalue weighted by Crippen LogP contribution is -2.46. The van der Waals surface area contributed by atoms with Crippen molar-refractivity contribution in [1.82, 2.24) is 9.62 Å². The Kier molecular flexibility index (Phi) is 4.05. The monoisotopic (exact) mass is 312 g/mol. The van der Waals surface area contributed by atoms with Gasteiger partial charge in [-0.05, 0) is 31.5 Å². The topological polar surface area (TPSA) is 67.9 Å². The summed E-state index contributed by atoms with van der Waals surface area (Å²) in [6.07, 6.45) is 1.87. The second-order valence-electron chi connectivity index (χ2n) is 5.33. The number of benzene rings is 1. The summed E-state index contributed by atoms with van der Waals surface area (Å²) in [5.41, 5.74) is 0. The van der Waals surface area contributed by atoms with Gasteiger partial charge >= 0.3 is 0 Å². The summed E-state index contributed by atoms with van der Waals surface area (Å²) in [5.74, 6) is 1.10. The second kappa shape index (κ2) is 5.82. The number of sulfonamides is 1. The van der Waals surface area contributed by atoms with E-state index in [2.05, 4.69) is 5.32 Å². The van der Waals surface area contributed by atoms with Gasteiger partial charge in [0.15, 0.2) is 11.5 Å². The SMILES string of the molecule is CN(C1CCCNC1)S(=O)(=O)c1ccc2c(c1)OCCO2. The molecule has 3 rings (SSSR count). The highest BCUT2D eigenvalue weighted by Gasteiger charge is 2.30. The van der Waals surface area contributed by atoms with E-state index in [1.807, 2.05) is 0 Å². The Morgan fingerprint density at radius 1 is 1.24 bits per heavy atom. The van der Waals surface area contributed by atoms with Crippen molar-refractivity contribution in [2.75, 3.05) is 33.4 Å². The fourth-order valence-corrected chi connectivity index (χ4v) is 4.09. The molecule has 21 heavy (non-hydrogen) atoms. The number of hydrogen-bond acceptors (Lipinski definition) is 5. The van der Waals surface area contributed by atoms with E-state index >= 15 is 0 Å². The molecule has 1 aromatic rings. The first-order chi connectivity index (χ1) is 10.1. The van der Waals surface area contributed by atoms with Gasteiger partial charge in [-0.1, -0.05) is 0 Å². The summed E-state index contributed by atoms with van der Waals surface area (Å²) in [4.78, 5) is 0.250. The van der Waals surface area contributed by atoms with E-state index < -0.39 is 10.0 Å². The van der Waals surface area contributed by atoms with Gasteiger partial charge in [-0.25, -0.2) is 8.42 Å². The molecule has 1 N–H and O–H groups in total. The van der Waals surface area contributed by atoms with Crippen LogP contribution in [-0.4, -0.2) is 52.1 Å². The number of hydrogen-bond donors (Lipinski definition) is 1. The maximum absolute atomic E-state index is 12.7. The van der Waals surface area contributed by atoms with Crippen molar-refractivity contribution >= 4 is 10.0 Å². The first-order valence-corrected chi connectivity index (χ1v) is 8.61. The van der Waals surface area contributed by atoms with Crippen LogP contribution in [0, 0.1) is 0 Å². The lowest BCUT2D eigenvalue weighted by molar-refractivity contribution is 0.171. The maximum Gasteiger partial charge on any atom is 0.243 e. The van der Waals surface area contributed by atoms with Gasteiger partial charge in [0.25, 0.3) is 0 Å². The van der Waals surface area contributed by atoms with Gasteiger partial charge < -0.3 is 14.8 Å². The van der Waals surface area contributed by atoms with Crippen molar-refractivity contribution in [3.8, 4) is 11.5 Å². The Bertz CT molecular complexity index is 611. The molecule has 2 heterocycles. The fraction of sp³-hybridized carbons (Fsp3) is 0.571. The van der Waals surface area contributed by atoms with E-state index in [0.717, 1.165) is 19.4 Å². The molecule has 2 aliphatic heterocycles. The van der Waals surface area contributed by atoms with E-state index in [-0.39, 0.29) is 10.9 Å². The van der Waals surface area contributed by atoms with Gasteiger partial charge in [0.2, 0.25) is 10.0 Å². The molecule has 1 unspecified atom stereocenters. The quantitative estimate of drug-likeness (QED) is 0.895. The fourth-order valence-electron chi connectivity index (χ4n) is 2.69. The van der Waals surface area contributed by atoms with Crippen molar-refractivity contribution < 1.29 is 17.9 Å². The van der Waals surface area contributed by atoms with Crippen LogP contribution in [0.25, 0.3) is 0 Å². The van der Waals surface area contributed by atoms with E-state index in [0.29, 0.717) is 31.3 Å². The standard InChI is InChI=1S/C14H20N2O4S/c1-16(11-3-2-6-15-10-11)21(17,18)12-4-5-13-14(9-12)20-8-7-19-13/h4-5,9,11,15H,2-3,6-8,10H2,1H3. The molecule has 6 nitrogen and oxygen atoms in total. The minimum absolute atomic E-state index is 0.00282. The van der Waals surface area contributed by atoms with Crippen molar-refractivity contribution in [2.45, 2.75) is 23.8 Å². The van der Waals surface area contributed by atoms with Crippen LogP contribution in [0.15, 0.2) is 23.1 Å². The van der Waals surface area contributed by atoms with Crippen LogP contribution in [0.3, 0.4) is 0 Å². The molecule has 7 heteroatoms. The first-order valence-electron chi connectivity index (χ1n) is 7.17. The first kappa shape index (κ1) is 14.6. The molecular formula is C14H20N2O4S. The molecule has 1 fully saturated rings. The Hall–Kier alpha value is -1.31. The van der Waals surface area contributed by atoms with Gasteiger partial charge in [0.05, 0.1) is 4.90 Å². The Balaban J connectivity index is 1.86. The number of likely N-dealkylation sites (N-methyl/N-ethyl adjacent to an activating group) is 1. The predicted octanol–water partition coefficient (Wildman–Crippen LogP) is 0.830. The summed E-state index contributed by atoms with van der Waals surface area (Å²) in [7, 11) is -1.87. The molecule has 116 valence electrons. The van der Waals surface area contributed by atoms with E-state index in [1.54, 1.807) is 25.2 Å². The minimum atomic E-state index is -3.51. The summed E-state index contributed by atoms with van der Waals surface area (Å²) in [6.45, 7) is 2.58. The smallest absolute Gasteiger partial charge is 0.243 e. The van der Waals surface area contributed by atoms with Crippen molar-refractivity contribution in [2.24, 2.45) is 0 Å². The molecule has 0 bridgehead atoms. The molecule has 0 radical (unpaired) electrons.